The molecule has 17 heteroatoms. The van der Waals surface area contributed by atoms with E-state index in [4.69, 9.17) is 33.3 Å². The second-order valence-electron chi connectivity index (χ2n) is 16.0. The zero-order valence-corrected chi connectivity index (χ0v) is 37.0. The van der Waals surface area contributed by atoms with Crippen LogP contribution in [0.1, 0.15) is 91.0 Å². The second-order valence-corrected chi connectivity index (χ2v) is 16.8. The number of carboxylic acid groups (broad SMARTS) is 1. The number of alkyl halides is 3. The Hall–Kier alpha value is -7.87. The molecule has 3 heterocycles. The third-order valence-electron chi connectivity index (χ3n) is 11.6. The van der Waals surface area contributed by atoms with Crippen LogP contribution in [0.25, 0.3) is 22.2 Å². The van der Waals surface area contributed by atoms with Crippen LogP contribution in [0.3, 0.4) is 0 Å². The number of carbonyl (C=O) groups is 3. The van der Waals surface area contributed by atoms with Crippen molar-refractivity contribution in [2.45, 2.75) is 43.9 Å². The number of phenols is 2. The Morgan fingerprint density at radius 1 is 0.838 bits per heavy atom. The van der Waals surface area contributed by atoms with Crippen molar-refractivity contribution in [1.29, 1.82) is 0 Å². The molecular formula is C51H36ClF3N4O8S. The maximum atomic E-state index is 14.1. The zero-order chi connectivity index (χ0) is 47.9. The summed E-state index contributed by atoms with van der Waals surface area (Å²) in [6.07, 6.45) is -0.997. The van der Waals surface area contributed by atoms with E-state index in [2.05, 4.69) is 27.6 Å². The molecule has 0 atom stereocenters. The lowest BCUT2D eigenvalue weighted by Crippen LogP contribution is -2.33. The van der Waals surface area contributed by atoms with Crippen LogP contribution >= 0.6 is 23.8 Å². The lowest BCUT2D eigenvalue weighted by atomic mass is 9.77. The minimum Gasteiger partial charge on any atom is -0.508 e. The first-order valence-electron chi connectivity index (χ1n) is 21.2. The molecule has 0 fully saturated rings. The number of thiocarbonyl (C=S) groups is 1. The Balaban J connectivity index is 0.814. The molecule has 68 heavy (non-hydrogen) atoms. The smallest absolute Gasteiger partial charge is 0.417 e. The minimum atomic E-state index is -4.88. The van der Waals surface area contributed by atoms with Gasteiger partial charge in [-0.25, -0.2) is 9.59 Å². The van der Waals surface area contributed by atoms with Crippen molar-refractivity contribution in [2.75, 3.05) is 11.9 Å². The Morgan fingerprint density at radius 2 is 1.53 bits per heavy atom. The van der Waals surface area contributed by atoms with Crippen molar-refractivity contribution in [2.24, 2.45) is 0 Å². The van der Waals surface area contributed by atoms with Crippen molar-refractivity contribution in [3.8, 4) is 46.1 Å². The van der Waals surface area contributed by atoms with E-state index in [1.165, 1.54) is 54.6 Å². The molecule has 7 aromatic rings. The van der Waals surface area contributed by atoms with Gasteiger partial charge in [0.05, 0.1) is 32.8 Å². The summed E-state index contributed by atoms with van der Waals surface area (Å²) in [6.45, 7) is 0.581. The van der Waals surface area contributed by atoms with E-state index in [9.17, 15) is 42.9 Å². The van der Waals surface area contributed by atoms with E-state index in [1.54, 1.807) is 48.5 Å². The average molecular weight is 957 g/mol. The summed E-state index contributed by atoms with van der Waals surface area (Å²) in [5.74, 6) is 3.91. The Kier molecular flexibility index (Phi) is 12.0. The summed E-state index contributed by atoms with van der Waals surface area (Å²) >= 11 is 11.8. The van der Waals surface area contributed by atoms with E-state index in [1.807, 2.05) is 0 Å². The summed E-state index contributed by atoms with van der Waals surface area (Å²) in [4.78, 5) is 38.8. The molecule has 342 valence electrons. The van der Waals surface area contributed by atoms with Crippen molar-refractivity contribution in [3.63, 3.8) is 0 Å². The predicted octanol–water partition coefficient (Wildman–Crippen LogP) is 11.0. The fraction of sp³-hybridized carbons (Fsp3) is 0.157. The number of fused-ring (bicyclic) bond motifs is 7. The highest BCUT2D eigenvalue weighted by molar-refractivity contribution is 7.80. The molecule has 0 bridgehead atoms. The largest absolute Gasteiger partial charge is 0.508 e. The van der Waals surface area contributed by atoms with E-state index >= 15 is 0 Å². The number of rotatable bonds is 10. The molecule has 0 radical (unpaired) electrons. The van der Waals surface area contributed by atoms with Gasteiger partial charge in [0.2, 0.25) is 0 Å². The summed E-state index contributed by atoms with van der Waals surface area (Å²) in [6, 6.07) is 28.2. The van der Waals surface area contributed by atoms with E-state index in [0.29, 0.717) is 62.5 Å². The fourth-order valence-electron chi connectivity index (χ4n) is 8.43. The Bertz CT molecular complexity index is 3240. The SMILES string of the molecule is O=C(O)c1ccc(-c2nn(C(=O)c3c(Cl)cccc3C(F)(F)F)c3cc(C#CCCCCCCNC(=S)Nc4ccc5c(c4)C(=O)OC54c5ccc(O)cc5Oc5cc(O)ccc54)ccc23)cc1. The molecular weight excluding hydrogens is 921 g/mol. The van der Waals surface area contributed by atoms with Crippen LogP contribution in [-0.2, 0) is 16.5 Å². The number of phenolic OH excluding ortho intramolecular Hbond substituents is 2. The molecule has 12 nitrogen and oxygen atoms in total. The highest BCUT2D eigenvalue weighted by Gasteiger charge is 2.53. The topological polar surface area (TPSA) is 172 Å². The highest BCUT2D eigenvalue weighted by Crippen LogP contribution is 2.57. The first-order chi connectivity index (χ1) is 32.6. The summed E-state index contributed by atoms with van der Waals surface area (Å²) in [5.41, 5.74) is 0.555. The van der Waals surface area contributed by atoms with Crippen molar-refractivity contribution >= 4 is 63.4 Å². The molecule has 2 aliphatic rings. The molecule has 1 spiro atoms. The number of unbranched alkanes of at least 4 members (excludes halogenated alkanes) is 4. The van der Waals surface area contributed by atoms with Crippen LogP contribution in [-0.4, -0.2) is 54.6 Å². The number of esters is 1. The average Bonchev–Trinajstić information content (AvgIpc) is 3.82. The molecule has 0 saturated heterocycles. The van der Waals surface area contributed by atoms with Gasteiger partial charge in [-0.2, -0.15) is 23.0 Å². The van der Waals surface area contributed by atoms with Crippen LogP contribution < -0.4 is 15.4 Å². The predicted molar refractivity (Wildman–Crippen MR) is 251 cm³/mol. The number of ether oxygens (including phenoxy) is 2. The van der Waals surface area contributed by atoms with Crippen LogP contribution in [0.15, 0.2) is 115 Å². The van der Waals surface area contributed by atoms with Crippen molar-refractivity contribution in [3.05, 3.63) is 165 Å². The normalized spacial score (nSPS) is 13.1. The van der Waals surface area contributed by atoms with Gasteiger partial charge in [0.15, 0.2) is 10.7 Å². The third kappa shape index (κ3) is 8.53. The number of carbonyl (C=O) groups excluding carboxylic acids is 2. The van der Waals surface area contributed by atoms with Crippen LogP contribution in [0.4, 0.5) is 18.9 Å². The van der Waals surface area contributed by atoms with Gasteiger partial charge < -0.3 is 35.4 Å². The lowest BCUT2D eigenvalue weighted by Gasteiger charge is -2.36. The van der Waals surface area contributed by atoms with Gasteiger partial charge in [0, 0.05) is 64.0 Å². The monoisotopic (exact) mass is 956 g/mol. The minimum absolute atomic E-state index is 0.0211. The summed E-state index contributed by atoms with van der Waals surface area (Å²) in [7, 11) is 0. The molecule has 0 unspecified atom stereocenters. The Labute approximate surface area is 395 Å². The number of halogens is 4. The van der Waals surface area contributed by atoms with Gasteiger partial charge in [0.25, 0.3) is 5.91 Å². The number of carboxylic acids is 1. The van der Waals surface area contributed by atoms with Gasteiger partial charge in [-0.15, -0.1) is 0 Å². The van der Waals surface area contributed by atoms with Gasteiger partial charge in [-0.3, -0.25) is 4.79 Å². The number of hydrogen-bond acceptors (Lipinski definition) is 9. The molecule has 1 aromatic heterocycles. The number of aromatic hydroxyl groups is 2. The number of nitrogens with zero attached hydrogens (tertiary/aromatic N) is 2. The van der Waals surface area contributed by atoms with Crippen LogP contribution in [0.2, 0.25) is 5.02 Å². The standard InChI is InChI=1S/C51H36ClF3N4O8S/c52-40-10-7-9-39(51(53,54)55)44(40)46(62)59-41-24-28(11-19-34(41)45(58-59)29-12-14-30(15-13-29)47(63)64)8-5-3-1-2-4-6-23-56-49(68)57-31-16-20-36-35(25-31)48(65)67-50(36)37-21-17-32(60)26-42(37)66-43-27-33(61)18-22-38(43)50/h7,9-22,24-27,60-61H,1-4,6,23H2,(H,63,64)(H2,56,57,68). The number of benzene rings is 6. The van der Waals surface area contributed by atoms with Crippen molar-refractivity contribution < 1.29 is 52.3 Å². The van der Waals surface area contributed by atoms with E-state index in [-0.39, 0.29) is 39.8 Å². The first-order valence-corrected chi connectivity index (χ1v) is 21.9. The highest BCUT2D eigenvalue weighted by atomic mass is 35.5. The van der Waals surface area contributed by atoms with Gasteiger partial charge in [0.1, 0.15) is 28.7 Å². The van der Waals surface area contributed by atoms with Gasteiger partial charge >= 0.3 is 18.1 Å². The molecule has 6 aromatic carbocycles. The Morgan fingerprint density at radius 3 is 2.22 bits per heavy atom. The van der Waals surface area contributed by atoms with E-state index in [0.717, 1.165) is 42.5 Å². The third-order valence-corrected chi connectivity index (χ3v) is 12.2. The van der Waals surface area contributed by atoms with Crippen LogP contribution in [0, 0.1) is 11.8 Å². The van der Waals surface area contributed by atoms with Crippen LogP contribution in [0.5, 0.6) is 23.0 Å². The van der Waals surface area contributed by atoms with Crippen molar-refractivity contribution in [1.82, 2.24) is 15.1 Å². The summed E-state index contributed by atoms with van der Waals surface area (Å²) < 4.78 is 55.3. The number of aromatic nitrogens is 2. The number of anilines is 1. The molecule has 5 N–H and O–H groups in total. The number of hydrogen-bond donors (Lipinski definition) is 5. The molecule has 9 rings (SSSR count). The number of aromatic carboxylic acids is 1. The van der Waals surface area contributed by atoms with Gasteiger partial charge in [-0.05, 0) is 104 Å². The zero-order valence-electron chi connectivity index (χ0n) is 35.4. The number of nitrogens with one attached hydrogen (secondary N) is 2. The summed E-state index contributed by atoms with van der Waals surface area (Å²) in [5, 5.41) is 40.9. The maximum absolute atomic E-state index is 14.1. The quantitative estimate of drug-likeness (QED) is 0.0381. The lowest BCUT2D eigenvalue weighted by molar-refractivity contribution is -0.137. The molecule has 0 saturated carbocycles. The molecule has 2 aliphatic heterocycles. The van der Waals surface area contributed by atoms with Gasteiger partial charge in [-0.1, -0.05) is 60.5 Å². The molecule has 0 aliphatic carbocycles. The first kappa shape index (κ1) is 45.3. The second kappa shape index (κ2) is 18.1. The fourth-order valence-corrected chi connectivity index (χ4v) is 8.91. The van der Waals surface area contributed by atoms with E-state index < -0.39 is 45.8 Å². The maximum Gasteiger partial charge on any atom is 0.417 e. The molecule has 0 amide bonds.